The van der Waals surface area contributed by atoms with Crippen LogP contribution in [0, 0.1) is 0 Å². The zero-order chi connectivity index (χ0) is 10.8. The van der Waals surface area contributed by atoms with Gasteiger partial charge in [0, 0.05) is 18.2 Å². The summed E-state index contributed by atoms with van der Waals surface area (Å²) in [5.41, 5.74) is 6.38. The molecule has 2 aromatic rings. The van der Waals surface area contributed by atoms with Crippen LogP contribution >= 0.6 is 0 Å². The highest BCUT2D eigenvalue weighted by Crippen LogP contribution is 2.15. The summed E-state index contributed by atoms with van der Waals surface area (Å²) in [5, 5.41) is 11.1. The molecule has 0 unspecified atom stereocenters. The van der Waals surface area contributed by atoms with Gasteiger partial charge in [-0.05, 0) is 22.6 Å². The van der Waals surface area contributed by atoms with Crippen LogP contribution in [0.4, 0.5) is 0 Å². The summed E-state index contributed by atoms with van der Waals surface area (Å²) in [7, 11) is 1.73. The molecular formula is C9H9N5O. The molecule has 0 fully saturated rings. The quantitative estimate of drug-likeness (QED) is 0.742. The standard InChI is InChI=1S/C9H9N5O/c1-14-9(11-12-13-14)7-4-2-3-6(5-7)8(10)15/h2-5H,1H3,(H2,10,15). The molecule has 1 aromatic heterocycles. The fraction of sp³-hybridized carbons (Fsp3) is 0.111. The highest BCUT2D eigenvalue weighted by atomic mass is 16.1. The predicted molar refractivity (Wildman–Crippen MR) is 52.8 cm³/mol. The van der Waals surface area contributed by atoms with Crippen LogP contribution in [0.5, 0.6) is 0 Å². The lowest BCUT2D eigenvalue weighted by molar-refractivity contribution is 0.100. The van der Waals surface area contributed by atoms with E-state index in [1.807, 2.05) is 6.07 Å². The van der Waals surface area contributed by atoms with Crippen molar-refractivity contribution < 1.29 is 4.79 Å². The van der Waals surface area contributed by atoms with Crippen LogP contribution in [0.1, 0.15) is 10.4 Å². The number of rotatable bonds is 2. The largest absolute Gasteiger partial charge is 0.366 e. The van der Waals surface area contributed by atoms with E-state index >= 15 is 0 Å². The molecule has 76 valence electrons. The molecule has 0 aliphatic rings. The minimum Gasteiger partial charge on any atom is -0.366 e. The summed E-state index contributed by atoms with van der Waals surface area (Å²) in [4.78, 5) is 11.0. The molecule has 0 saturated heterocycles. The minimum atomic E-state index is -0.466. The fourth-order valence-corrected chi connectivity index (χ4v) is 1.29. The Labute approximate surface area is 85.7 Å². The van der Waals surface area contributed by atoms with Gasteiger partial charge in [0.1, 0.15) is 0 Å². The first-order valence-corrected chi connectivity index (χ1v) is 4.31. The number of primary amides is 1. The lowest BCUT2D eigenvalue weighted by Crippen LogP contribution is -2.10. The average Bonchev–Trinajstić information content (AvgIpc) is 2.64. The lowest BCUT2D eigenvalue weighted by Gasteiger charge is -2.00. The number of carbonyl (C=O) groups is 1. The highest BCUT2D eigenvalue weighted by molar-refractivity contribution is 5.93. The molecule has 2 N–H and O–H groups in total. The first kappa shape index (κ1) is 9.32. The zero-order valence-electron chi connectivity index (χ0n) is 8.08. The van der Waals surface area contributed by atoms with E-state index in [1.165, 1.54) is 4.68 Å². The van der Waals surface area contributed by atoms with Crippen molar-refractivity contribution in [3.8, 4) is 11.4 Å². The first-order valence-electron chi connectivity index (χ1n) is 4.31. The van der Waals surface area contributed by atoms with Crippen LogP contribution in [-0.4, -0.2) is 26.1 Å². The Hall–Kier alpha value is -2.24. The molecule has 1 amide bonds. The van der Waals surface area contributed by atoms with Crippen molar-refractivity contribution in [3.63, 3.8) is 0 Å². The first-order chi connectivity index (χ1) is 7.18. The van der Waals surface area contributed by atoms with E-state index in [1.54, 1.807) is 25.2 Å². The molecule has 0 aliphatic heterocycles. The van der Waals surface area contributed by atoms with Gasteiger partial charge in [-0.2, -0.15) is 0 Å². The average molecular weight is 203 g/mol. The maximum absolute atomic E-state index is 11.0. The maximum Gasteiger partial charge on any atom is 0.248 e. The second kappa shape index (κ2) is 3.49. The monoisotopic (exact) mass is 203 g/mol. The smallest absolute Gasteiger partial charge is 0.248 e. The number of tetrazole rings is 1. The van der Waals surface area contributed by atoms with Gasteiger partial charge >= 0.3 is 0 Å². The van der Waals surface area contributed by atoms with Crippen molar-refractivity contribution in [1.29, 1.82) is 0 Å². The molecule has 0 radical (unpaired) electrons. The maximum atomic E-state index is 11.0. The van der Waals surface area contributed by atoms with Crippen molar-refractivity contribution in [2.45, 2.75) is 0 Å². The Morgan fingerprint density at radius 3 is 2.87 bits per heavy atom. The van der Waals surface area contributed by atoms with Crippen LogP contribution < -0.4 is 5.73 Å². The number of hydrogen-bond donors (Lipinski definition) is 1. The van der Waals surface area contributed by atoms with Crippen LogP contribution in [0.25, 0.3) is 11.4 Å². The van der Waals surface area contributed by atoms with Crippen molar-refractivity contribution in [3.05, 3.63) is 29.8 Å². The van der Waals surface area contributed by atoms with E-state index in [0.717, 1.165) is 5.56 Å². The number of aromatic nitrogens is 4. The predicted octanol–water partition coefficient (Wildman–Crippen LogP) is -0.0240. The van der Waals surface area contributed by atoms with Gasteiger partial charge in [0.15, 0.2) is 5.82 Å². The second-order valence-corrected chi connectivity index (χ2v) is 3.07. The summed E-state index contributed by atoms with van der Waals surface area (Å²) >= 11 is 0. The van der Waals surface area contributed by atoms with E-state index in [2.05, 4.69) is 15.5 Å². The topological polar surface area (TPSA) is 86.7 Å². The Bertz CT molecular complexity index is 505. The SMILES string of the molecule is Cn1nnnc1-c1cccc(C(N)=O)c1. The fourth-order valence-electron chi connectivity index (χ4n) is 1.29. The molecule has 0 atom stereocenters. The van der Waals surface area contributed by atoms with Gasteiger partial charge in [-0.15, -0.1) is 5.10 Å². The number of carbonyl (C=O) groups excluding carboxylic acids is 1. The molecule has 6 heteroatoms. The van der Waals surface area contributed by atoms with Crippen molar-refractivity contribution in [2.24, 2.45) is 12.8 Å². The zero-order valence-corrected chi connectivity index (χ0v) is 8.08. The van der Waals surface area contributed by atoms with Gasteiger partial charge in [0.05, 0.1) is 0 Å². The number of hydrogen-bond acceptors (Lipinski definition) is 4. The number of nitrogens with two attached hydrogens (primary N) is 1. The number of benzene rings is 1. The van der Waals surface area contributed by atoms with E-state index < -0.39 is 5.91 Å². The van der Waals surface area contributed by atoms with Gasteiger partial charge in [-0.25, -0.2) is 4.68 Å². The minimum absolute atomic E-state index is 0.440. The Morgan fingerprint density at radius 1 is 1.47 bits per heavy atom. The van der Waals surface area contributed by atoms with Crippen LogP contribution in [0.15, 0.2) is 24.3 Å². The van der Waals surface area contributed by atoms with Crippen LogP contribution in [0.3, 0.4) is 0 Å². The van der Waals surface area contributed by atoms with E-state index in [0.29, 0.717) is 11.4 Å². The van der Waals surface area contributed by atoms with E-state index in [-0.39, 0.29) is 0 Å². The van der Waals surface area contributed by atoms with Crippen LogP contribution in [0.2, 0.25) is 0 Å². The van der Waals surface area contributed by atoms with Crippen molar-refractivity contribution in [2.75, 3.05) is 0 Å². The molecule has 0 spiro atoms. The molecule has 15 heavy (non-hydrogen) atoms. The third-order valence-corrected chi connectivity index (χ3v) is 2.03. The Morgan fingerprint density at radius 2 is 2.27 bits per heavy atom. The van der Waals surface area contributed by atoms with Gasteiger partial charge in [-0.1, -0.05) is 12.1 Å². The van der Waals surface area contributed by atoms with Gasteiger partial charge in [-0.3, -0.25) is 4.79 Å². The molecule has 0 saturated carbocycles. The molecular weight excluding hydrogens is 194 g/mol. The Kier molecular flexibility index (Phi) is 2.17. The van der Waals surface area contributed by atoms with Gasteiger partial charge in [0.2, 0.25) is 5.91 Å². The molecule has 1 heterocycles. The van der Waals surface area contributed by atoms with Gasteiger partial charge in [0.25, 0.3) is 0 Å². The normalized spacial score (nSPS) is 10.2. The summed E-state index contributed by atoms with van der Waals surface area (Å²) in [5.74, 6) is 0.130. The molecule has 0 bridgehead atoms. The molecule has 1 aromatic carbocycles. The summed E-state index contributed by atoms with van der Waals surface area (Å²) in [6, 6.07) is 6.87. The van der Waals surface area contributed by atoms with Crippen LogP contribution in [-0.2, 0) is 7.05 Å². The van der Waals surface area contributed by atoms with Crippen molar-refractivity contribution >= 4 is 5.91 Å². The summed E-state index contributed by atoms with van der Waals surface area (Å²) < 4.78 is 1.53. The summed E-state index contributed by atoms with van der Waals surface area (Å²) in [6.45, 7) is 0. The molecule has 2 rings (SSSR count). The number of amides is 1. The highest BCUT2D eigenvalue weighted by Gasteiger charge is 2.07. The van der Waals surface area contributed by atoms with Crippen molar-refractivity contribution in [1.82, 2.24) is 20.2 Å². The van der Waals surface area contributed by atoms with E-state index in [9.17, 15) is 4.79 Å². The lowest BCUT2D eigenvalue weighted by atomic mass is 10.1. The number of nitrogens with zero attached hydrogens (tertiary/aromatic N) is 4. The molecule has 6 nitrogen and oxygen atoms in total. The Balaban J connectivity index is 2.50. The second-order valence-electron chi connectivity index (χ2n) is 3.07. The summed E-state index contributed by atoms with van der Waals surface area (Å²) in [6.07, 6.45) is 0. The number of aryl methyl sites for hydroxylation is 1. The van der Waals surface area contributed by atoms with E-state index in [4.69, 9.17) is 5.73 Å². The third-order valence-electron chi connectivity index (χ3n) is 2.03. The van der Waals surface area contributed by atoms with Gasteiger partial charge < -0.3 is 5.73 Å². The molecule has 0 aliphatic carbocycles. The third kappa shape index (κ3) is 1.69.